The molecular formula is C11H15N3O3. The Morgan fingerprint density at radius 1 is 1.47 bits per heavy atom. The van der Waals surface area contributed by atoms with Gasteiger partial charge in [0, 0.05) is 12.2 Å². The quantitative estimate of drug-likeness (QED) is 0.737. The lowest BCUT2D eigenvalue weighted by atomic mass is 10.2. The van der Waals surface area contributed by atoms with Crippen LogP contribution in [0.25, 0.3) is 0 Å². The van der Waals surface area contributed by atoms with Crippen molar-refractivity contribution in [2.75, 3.05) is 5.32 Å². The molecule has 0 aromatic carbocycles. The number of anilines is 1. The number of carbonyl (C=O) groups excluding carboxylic acids is 1. The van der Waals surface area contributed by atoms with Gasteiger partial charge in [0.25, 0.3) is 0 Å². The normalized spacial score (nSPS) is 11.6. The van der Waals surface area contributed by atoms with E-state index in [0.717, 1.165) is 5.56 Å². The molecule has 1 unspecified atom stereocenters. The molecule has 0 saturated carbocycles. The van der Waals surface area contributed by atoms with Crippen LogP contribution in [0.15, 0.2) is 18.5 Å². The Balaban J connectivity index is 2.47. The summed E-state index contributed by atoms with van der Waals surface area (Å²) in [5, 5.41) is 13.6. The molecule has 1 heterocycles. The van der Waals surface area contributed by atoms with Crippen molar-refractivity contribution in [1.29, 1.82) is 0 Å². The molecule has 6 heteroatoms. The summed E-state index contributed by atoms with van der Waals surface area (Å²) in [6, 6.07) is 0.908. The third-order valence-corrected chi connectivity index (χ3v) is 1.99. The molecule has 0 aliphatic rings. The van der Waals surface area contributed by atoms with Crippen molar-refractivity contribution in [3.63, 3.8) is 0 Å². The number of nitrogens with one attached hydrogen (secondary N) is 2. The first kappa shape index (κ1) is 13.0. The molecular weight excluding hydrogens is 222 g/mol. The summed E-state index contributed by atoms with van der Waals surface area (Å²) in [6.45, 7) is 3.49. The predicted molar refractivity (Wildman–Crippen MR) is 62.8 cm³/mol. The van der Waals surface area contributed by atoms with Gasteiger partial charge in [0.15, 0.2) is 0 Å². The molecule has 3 N–H and O–H groups in total. The highest BCUT2D eigenvalue weighted by Gasteiger charge is 2.10. The molecule has 0 fully saturated rings. The Kier molecular flexibility index (Phi) is 4.45. The van der Waals surface area contributed by atoms with Crippen LogP contribution in [0.5, 0.6) is 0 Å². The standard InChI is InChI=1S/C11H15N3O3/c1-7-3-9(6-12-5-7)14-11(17)13-8(2)4-10(15)16/h3,5-6,8H,4H2,1-2H3,(H,15,16)(H2,13,14,17). The first-order chi connectivity index (χ1) is 7.97. The van der Waals surface area contributed by atoms with Crippen molar-refractivity contribution >= 4 is 17.7 Å². The molecule has 0 aliphatic heterocycles. The minimum absolute atomic E-state index is 0.112. The SMILES string of the molecule is Cc1cncc(NC(=O)NC(C)CC(=O)O)c1. The number of urea groups is 1. The van der Waals surface area contributed by atoms with Crippen LogP contribution in [0, 0.1) is 6.92 Å². The van der Waals surface area contributed by atoms with E-state index in [4.69, 9.17) is 5.11 Å². The first-order valence-corrected chi connectivity index (χ1v) is 5.18. The second-order valence-electron chi connectivity index (χ2n) is 3.85. The summed E-state index contributed by atoms with van der Waals surface area (Å²) in [4.78, 5) is 25.8. The van der Waals surface area contributed by atoms with Crippen molar-refractivity contribution in [3.05, 3.63) is 24.0 Å². The van der Waals surface area contributed by atoms with Gasteiger partial charge in [-0.25, -0.2) is 4.79 Å². The number of amides is 2. The molecule has 0 spiro atoms. The molecule has 0 saturated heterocycles. The van der Waals surface area contributed by atoms with Gasteiger partial charge in [-0.3, -0.25) is 9.78 Å². The third-order valence-electron chi connectivity index (χ3n) is 1.99. The highest BCUT2D eigenvalue weighted by molar-refractivity contribution is 5.89. The van der Waals surface area contributed by atoms with E-state index in [2.05, 4.69) is 15.6 Å². The van der Waals surface area contributed by atoms with Crippen molar-refractivity contribution in [1.82, 2.24) is 10.3 Å². The summed E-state index contributed by atoms with van der Waals surface area (Å²) in [6.07, 6.45) is 3.09. The van der Waals surface area contributed by atoms with Gasteiger partial charge in [-0.15, -0.1) is 0 Å². The molecule has 6 nitrogen and oxygen atoms in total. The maximum Gasteiger partial charge on any atom is 0.319 e. The third kappa shape index (κ3) is 4.96. The summed E-state index contributed by atoms with van der Waals surface area (Å²) in [5.41, 5.74) is 1.51. The molecule has 0 aliphatic carbocycles. The van der Waals surface area contributed by atoms with Gasteiger partial charge < -0.3 is 15.7 Å². The molecule has 1 aromatic rings. The van der Waals surface area contributed by atoms with Gasteiger partial charge in [-0.1, -0.05) is 0 Å². The summed E-state index contributed by atoms with van der Waals surface area (Å²) in [7, 11) is 0. The van der Waals surface area contributed by atoms with Crippen LogP contribution in [-0.2, 0) is 4.79 Å². The fraction of sp³-hybridized carbons (Fsp3) is 0.364. The minimum Gasteiger partial charge on any atom is -0.481 e. The van der Waals surface area contributed by atoms with Gasteiger partial charge >= 0.3 is 12.0 Å². The number of hydrogen-bond donors (Lipinski definition) is 3. The zero-order valence-corrected chi connectivity index (χ0v) is 9.73. The van der Waals surface area contributed by atoms with Crippen LogP contribution in [-0.4, -0.2) is 28.1 Å². The Morgan fingerprint density at radius 2 is 2.18 bits per heavy atom. The minimum atomic E-state index is -0.949. The Labute approximate surface area is 99.1 Å². The number of carboxylic acid groups (broad SMARTS) is 1. The van der Waals surface area contributed by atoms with E-state index in [0.29, 0.717) is 5.69 Å². The number of hydrogen-bond acceptors (Lipinski definition) is 3. The second kappa shape index (κ2) is 5.83. The molecule has 1 atom stereocenters. The molecule has 2 amide bonds. The number of aliphatic carboxylic acids is 1. The lowest BCUT2D eigenvalue weighted by molar-refractivity contribution is -0.137. The number of rotatable bonds is 4. The Bertz CT molecular complexity index is 420. The smallest absolute Gasteiger partial charge is 0.319 e. The van der Waals surface area contributed by atoms with E-state index in [-0.39, 0.29) is 6.42 Å². The van der Waals surface area contributed by atoms with Gasteiger partial charge in [0.1, 0.15) is 0 Å². The lowest BCUT2D eigenvalue weighted by Gasteiger charge is -2.12. The molecule has 0 bridgehead atoms. The van der Waals surface area contributed by atoms with Crippen molar-refractivity contribution in [2.24, 2.45) is 0 Å². The van der Waals surface area contributed by atoms with Crippen LogP contribution >= 0.6 is 0 Å². The molecule has 92 valence electrons. The fourth-order valence-electron chi connectivity index (χ4n) is 1.33. The second-order valence-corrected chi connectivity index (χ2v) is 3.85. The highest BCUT2D eigenvalue weighted by Crippen LogP contribution is 2.06. The summed E-state index contributed by atoms with van der Waals surface area (Å²) < 4.78 is 0. The lowest BCUT2D eigenvalue weighted by Crippen LogP contribution is -2.37. The number of carboxylic acids is 1. The van der Waals surface area contributed by atoms with E-state index in [1.807, 2.05) is 6.92 Å². The maximum atomic E-state index is 11.5. The zero-order valence-electron chi connectivity index (χ0n) is 9.73. The van der Waals surface area contributed by atoms with E-state index in [9.17, 15) is 9.59 Å². The van der Waals surface area contributed by atoms with Gasteiger partial charge in [0.05, 0.1) is 18.3 Å². The van der Waals surface area contributed by atoms with Crippen LogP contribution < -0.4 is 10.6 Å². The van der Waals surface area contributed by atoms with Crippen LogP contribution in [0.3, 0.4) is 0 Å². The predicted octanol–water partition coefficient (Wildman–Crippen LogP) is 1.37. The van der Waals surface area contributed by atoms with Crippen molar-refractivity contribution in [2.45, 2.75) is 26.3 Å². The van der Waals surface area contributed by atoms with Gasteiger partial charge in [0.2, 0.25) is 0 Å². The Hall–Kier alpha value is -2.11. The summed E-state index contributed by atoms with van der Waals surface area (Å²) in [5.74, 6) is -0.949. The van der Waals surface area contributed by atoms with E-state index < -0.39 is 18.0 Å². The van der Waals surface area contributed by atoms with Gasteiger partial charge in [-0.05, 0) is 25.5 Å². The number of nitrogens with zero attached hydrogens (tertiary/aromatic N) is 1. The highest BCUT2D eigenvalue weighted by atomic mass is 16.4. The van der Waals surface area contributed by atoms with E-state index >= 15 is 0 Å². The maximum absolute atomic E-state index is 11.5. The first-order valence-electron chi connectivity index (χ1n) is 5.18. The Morgan fingerprint density at radius 3 is 2.76 bits per heavy atom. The van der Waals surface area contributed by atoms with Crippen LogP contribution in [0.4, 0.5) is 10.5 Å². The monoisotopic (exact) mass is 237 g/mol. The van der Waals surface area contributed by atoms with Crippen LogP contribution in [0.1, 0.15) is 18.9 Å². The van der Waals surface area contributed by atoms with E-state index in [1.165, 1.54) is 6.20 Å². The molecule has 17 heavy (non-hydrogen) atoms. The fourth-order valence-corrected chi connectivity index (χ4v) is 1.33. The zero-order chi connectivity index (χ0) is 12.8. The number of aryl methyl sites for hydroxylation is 1. The molecule has 0 radical (unpaired) electrons. The molecule has 1 rings (SSSR count). The topological polar surface area (TPSA) is 91.3 Å². The van der Waals surface area contributed by atoms with Gasteiger partial charge in [-0.2, -0.15) is 0 Å². The van der Waals surface area contributed by atoms with Crippen LogP contribution in [0.2, 0.25) is 0 Å². The number of carbonyl (C=O) groups is 2. The number of pyridine rings is 1. The summed E-state index contributed by atoms with van der Waals surface area (Å²) >= 11 is 0. The molecule has 1 aromatic heterocycles. The van der Waals surface area contributed by atoms with Crippen molar-refractivity contribution in [3.8, 4) is 0 Å². The average Bonchev–Trinajstić information content (AvgIpc) is 2.14. The van der Waals surface area contributed by atoms with Crippen molar-refractivity contribution < 1.29 is 14.7 Å². The largest absolute Gasteiger partial charge is 0.481 e. The average molecular weight is 237 g/mol. The van der Waals surface area contributed by atoms with E-state index in [1.54, 1.807) is 19.2 Å². The number of aromatic nitrogens is 1.